The van der Waals surface area contributed by atoms with E-state index in [2.05, 4.69) is 15.2 Å². The second kappa shape index (κ2) is 11.2. The summed E-state index contributed by atoms with van der Waals surface area (Å²) in [5.74, 6) is 1.11. The molecule has 2 aliphatic heterocycles. The Bertz CT molecular complexity index is 1360. The van der Waals surface area contributed by atoms with E-state index in [0.29, 0.717) is 33.3 Å². The van der Waals surface area contributed by atoms with Crippen molar-refractivity contribution in [1.29, 1.82) is 0 Å². The molecule has 3 fully saturated rings. The first-order chi connectivity index (χ1) is 19.3. The van der Waals surface area contributed by atoms with Crippen molar-refractivity contribution in [3.8, 4) is 11.5 Å². The van der Waals surface area contributed by atoms with Gasteiger partial charge in [-0.1, -0.05) is 12.5 Å². The Kier molecular flexibility index (Phi) is 7.65. The lowest BCUT2D eigenvalue weighted by Crippen LogP contribution is -2.56. The molecule has 214 valence electrons. The minimum atomic E-state index is -4.43. The third-order valence-corrected chi connectivity index (χ3v) is 9.57. The van der Waals surface area contributed by atoms with Gasteiger partial charge in [0.1, 0.15) is 5.01 Å². The standard InChI is InChI=1S/C30H34F3N3O3S/c1-38-25-14-18(12-13-24(25)39-22-8-2-3-9-22)29(37)34-19-15-20-6-4-7-21(16-19)36(20)17-27-35-28-23(30(31,32)33)10-5-11-26(28)40-27/h5,10-14,19-22H,2-4,6-9,15-17H2,1H3,(H,34,37). The second-order valence-electron chi connectivity index (χ2n) is 11.2. The fraction of sp³-hybridized carbons (Fsp3) is 0.533. The molecule has 0 spiro atoms. The number of benzene rings is 2. The van der Waals surface area contributed by atoms with Crippen molar-refractivity contribution in [2.24, 2.45) is 0 Å². The Morgan fingerprint density at radius 2 is 1.80 bits per heavy atom. The van der Waals surface area contributed by atoms with Gasteiger partial charge in [0, 0.05) is 23.7 Å². The van der Waals surface area contributed by atoms with Crippen LogP contribution in [0.15, 0.2) is 36.4 Å². The maximum Gasteiger partial charge on any atom is 0.418 e. The summed E-state index contributed by atoms with van der Waals surface area (Å²) in [6.45, 7) is 0.534. The van der Waals surface area contributed by atoms with Gasteiger partial charge >= 0.3 is 6.18 Å². The van der Waals surface area contributed by atoms with Gasteiger partial charge in [-0.05, 0) is 81.7 Å². The number of para-hydroxylation sites is 1. The predicted molar refractivity (Wildman–Crippen MR) is 148 cm³/mol. The molecule has 6 nitrogen and oxygen atoms in total. The third-order valence-electron chi connectivity index (χ3n) is 8.57. The number of nitrogens with zero attached hydrogens (tertiary/aromatic N) is 2. The van der Waals surface area contributed by atoms with Gasteiger partial charge in [0.05, 0.1) is 35.5 Å². The number of aromatic nitrogens is 1. The smallest absolute Gasteiger partial charge is 0.418 e. The minimum Gasteiger partial charge on any atom is -0.493 e. The highest BCUT2D eigenvalue weighted by Gasteiger charge is 2.40. The number of alkyl halides is 3. The lowest BCUT2D eigenvalue weighted by Gasteiger charge is -2.48. The van der Waals surface area contributed by atoms with Crippen LogP contribution < -0.4 is 14.8 Å². The van der Waals surface area contributed by atoms with E-state index in [1.165, 1.54) is 30.2 Å². The van der Waals surface area contributed by atoms with Crippen LogP contribution in [0.1, 0.15) is 78.7 Å². The van der Waals surface area contributed by atoms with Crippen molar-refractivity contribution in [3.63, 3.8) is 0 Å². The SMILES string of the molecule is COc1cc(C(=O)NC2CC3CCCC(C2)N3Cc2nc3c(C(F)(F)F)cccc3s2)ccc1OC1CCCC1. The molecule has 3 heterocycles. The van der Waals surface area contributed by atoms with Gasteiger partial charge in [0.15, 0.2) is 11.5 Å². The van der Waals surface area contributed by atoms with E-state index in [1.54, 1.807) is 25.3 Å². The molecule has 3 aromatic rings. The number of thiazole rings is 1. The molecule has 3 aliphatic rings. The first kappa shape index (κ1) is 27.3. The highest BCUT2D eigenvalue weighted by molar-refractivity contribution is 7.18. The van der Waals surface area contributed by atoms with E-state index in [-0.39, 0.29) is 35.7 Å². The molecule has 6 rings (SSSR count). The number of halogens is 3. The maximum absolute atomic E-state index is 13.5. The van der Waals surface area contributed by atoms with Crippen LogP contribution in [0, 0.1) is 0 Å². The molecule has 1 aromatic heterocycles. The van der Waals surface area contributed by atoms with E-state index >= 15 is 0 Å². The zero-order valence-corrected chi connectivity index (χ0v) is 23.3. The molecular weight excluding hydrogens is 539 g/mol. The average molecular weight is 574 g/mol. The van der Waals surface area contributed by atoms with Gasteiger partial charge in [-0.3, -0.25) is 9.69 Å². The summed E-state index contributed by atoms with van der Waals surface area (Å²) < 4.78 is 52.7. The topological polar surface area (TPSA) is 63.7 Å². The fourth-order valence-electron chi connectivity index (χ4n) is 6.66. The van der Waals surface area contributed by atoms with Crippen LogP contribution in [0.4, 0.5) is 13.2 Å². The molecule has 2 unspecified atom stereocenters. The van der Waals surface area contributed by atoms with Crippen LogP contribution in [-0.4, -0.2) is 47.1 Å². The number of hydrogen-bond acceptors (Lipinski definition) is 6. The number of carbonyl (C=O) groups is 1. The lowest BCUT2D eigenvalue weighted by molar-refractivity contribution is -0.136. The molecule has 1 amide bonds. The molecule has 2 saturated heterocycles. The molecule has 2 aromatic carbocycles. The van der Waals surface area contributed by atoms with Gasteiger partial charge in [-0.15, -0.1) is 11.3 Å². The summed E-state index contributed by atoms with van der Waals surface area (Å²) in [6.07, 6.45) is 4.94. The van der Waals surface area contributed by atoms with Gasteiger partial charge < -0.3 is 14.8 Å². The predicted octanol–water partition coefficient (Wildman–Crippen LogP) is 6.96. The molecule has 2 atom stereocenters. The number of ether oxygens (including phenoxy) is 2. The number of piperidine rings is 2. The van der Waals surface area contributed by atoms with E-state index < -0.39 is 11.7 Å². The van der Waals surface area contributed by atoms with Crippen molar-refractivity contribution in [2.45, 2.75) is 94.7 Å². The molecule has 40 heavy (non-hydrogen) atoms. The van der Waals surface area contributed by atoms with Crippen LogP contribution >= 0.6 is 11.3 Å². The van der Waals surface area contributed by atoms with E-state index in [4.69, 9.17) is 9.47 Å². The van der Waals surface area contributed by atoms with E-state index in [9.17, 15) is 18.0 Å². The van der Waals surface area contributed by atoms with Crippen LogP contribution in [0.2, 0.25) is 0 Å². The summed E-state index contributed by atoms with van der Waals surface area (Å²) in [6, 6.07) is 10.2. The number of hydrogen-bond donors (Lipinski definition) is 1. The number of rotatable bonds is 7. The summed E-state index contributed by atoms with van der Waals surface area (Å²) in [5.41, 5.74) is -0.0977. The van der Waals surface area contributed by atoms with Crippen molar-refractivity contribution >= 4 is 27.5 Å². The number of carbonyl (C=O) groups excluding carboxylic acids is 1. The molecule has 1 saturated carbocycles. The first-order valence-electron chi connectivity index (χ1n) is 14.2. The molecule has 1 N–H and O–H groups in total. The largest absolute Gasteiger partial charge is 0.493 e. The number of nitrogens with one attached hydrogen (secondary N) is 1. The second-order valence-corrected chi connectivity index (χ2v) is 12.3. The zero-order chi connectivity index (χ0) is 27.9. The Morgan fingerprint density at radius 1 is 1.05 bits per heavy atom. The highest BCUT2D eigenvalue weighted by Crippen LogP contribution is 2.39. The van der Waals surface area contributed by atoms with Crippen LogP contribution in [0.3, 0.4) is 0 Å². The molecule has 1 aliphatic carbocycles. The number of methoxy groups -OCH3 is 1. The molecular formula is C30H34F3N3O3S. The maximum atomic E-state index is 13.5. The summed E-state index contributed by atoms with van der Waals surface area (Å²) in [5, 5.41) is 3.94. The summed E-state index contributed by atoms with van der Waals surface area (Å²) in [7, 11) is 1.59. The van der Waals surface area contributed by atoms with Crippen molar-refractivity contribution < 1.29 is 27.4 Å². The lowest BCUT2D eigenvalue weighted by atomic mass is 9.81. The van der Waals surface area contributed by atoms with Crippen LogP contribution in [0.5, 0.6) is 11.5 Å². The highest BCUT2D eigenvalue weighted by atomic mass is 32.1. The minimum absolute atomic E-state index is 0.0339. The van der Waals surface area contributed by atoms with Crippen molar-refractivity contribution in [3.05, 3.63) is 52.5 Å². The monoisotopic (exact) mass is 573 g/mol. The number of amides is 1. The third kappa shape index (κ3) is 5.65. The van der Waals surface area contributed by atoms with Gasteiger partial charge in [-0.25, -0.2) is 4.98 Å². The molecule has 10 heteroatoms. The van der Waals surface area contributed by atoms with E-state index in [0.717, 1.165) is 51.0 Å². The fourth-order valence-corrected chi connectivity index (χ4v) is 7.67. The summed E-state index contributed by atoms with van der Waals surface area (Å²) in [4.78, 5) is 20.0. The first-order valence-corrected chi connectivity index (χ1v) is 15.0. The van der Waals surface area contributed by atoms with Crippen LogP contribution in [0.25, 0.3) is 10.2 Å². The normalized spacial score (nSPS) is 23.9. The Balaban J connectivity index is 1.12. The molecule has 0 radical (unpaired) electrons. The van der Waals surface area contributed by atoms with Crippen molar-refractivity contribution in [1.82, 2.24) is 15.2 Å². The number of fused-ring (bicyclic) bond motifs is 3. The quantitative estimate of drug-likeness (QED) is 0.331. The molecule has 2 bridgehead atoms. The zero-order valence-electron chi connectivity index (χ0n) is 22.5. The Labute approximate surface area is 235 Å². The van der Waals surface area contributed by atoms with Crippen LogP contribution in [-0.2, 0) is 12.7 Å². The summed E-state index contributed by atoms with van der Waals surface area (Å²) >= 11 is 1.34. The average Bonchev–Trinajstić information content (AvgIpc) is 3.58. The van der Waals surface area contributed by atoms with E-state index in [1.807, 2.05) is 6.07 Å². The van der Waals surface area contributed by atoms with Gasteiger partial charge in [-0.2, -0.15) is 13.2 Å². The van der Waals surface area contributed by atoms with Crippen molar-refractivity contribution in [2.75, 3.05) is 7.11 Å². The Morgan fingerprint density at radius 3 is 2.50 bits per heavy atom. The Hall–Kier alpha value is -2.85. The van der Waals surface area contributed by atoms with Gasteiger partial charge in [0.25, 0.3) is 5.91 Å². The van der Waals surface area contributed by atoms with Gasteiger partial charge in [0.2, 0.25) is 0 Å².